The predicted octanol–water partition coefficient (Wildman–Crippen LogP) is 4.57. The molecule has 0 aromatic heterocycles. The largest absolute Gasteiger partial charge is 0.484 e. The van der Waals surface area contributed by atoms with Crippen molar-refractivity contribution in [1.82, 2.24) is 0 Å². The molecule has 2 rings (SSSR count). The fourth-order valence-corrected chi connectivity index (χ4v) is 2.40. The quantitative estimate of drug-likeness (QED) is 0.730. The smallest absolute Gasteiger partial charge is 0.262 e. The number of amides is 2. The van der Waals surface area contributed by atoms with Crippen molar-refractivity contribution in [3.05, 3.63) is 54.1 Å². The van der Waals surface area contributed by atoms with Crippen molar-refractivity contribution < 1.29 is 14.3 Å². The SMILES string of the molecule is CCC(=O)Nc1cccc(NC(=O)COc2ccc([C@@H](C)CC)cc2)c1. The Labute approximate surface area is 154 Å². The molecule has 138 valence electrons. The van der Waals surface area contributed by atoms with Gasteiger partial charge in [0.1, 0.15) is 5.75 Å². The van der Waals surface area contributed by atoms with Crippen molar-refractivity contribution in [2.24, 2.45) is 0 Å². The molecule has 5 heteroatoms. The van der Waals surface area contributed by atoms with Crippen molar-refractivity contribution in [2.75, 3.05) is 17.2 Å². The Morgan fingerprint density at radius 3 is 2.15 bits per heavy atom. The highest BCUT2D eigenvalue weighted by Gasteiger charge is 2.07. The van der Waals surface area contributed by atoms with Crippen LogP contribution in [0.2, 0.25) is 0 Å². The predicted molar refractivity (Wildman–Crippen MR) is 105 cm³/mol. The van der Waals surface area contributed by atoms with Gasteiger partial charge in [0, 0.05) is 17.8 Å². The summed E-state index contributed by atoms with van der Waals surface area (Å²) in [7, 11) is 0. The molecule has 2 amide bonds. The summed E-state index contributed by atoms with van der Waals surface area (Å²) in [5, 5.41) is 5.53. The molecule has 2 aromatic carbocycles. The van der Waals surface area contributed by atoms with Gasteiger partial charge in [-0.05, 0) is 48.2 Å². The summed E-state index contributed by atoms with van der Waals surface area (Å²) in [6, 6.07) is 14.9. The topological polar surface area (TPSA) is 67.4 Å². The third-order valence-electron chi connectivity index (χ3n) is 4.18. The first-order valence-electron chi connectivity index (χ1n) is 8.94. The van der Waals surface area contributed by atoms with Crippen molar-refractivity contribution in [3.63, 3.8) is 0 Å². The van der Waals surface area contributed by atoms with Gasteiger partial charge >= 0.3 is 0 Å². The second kappa shape index (κ2) is 9.61. The van der Waals surface area contributed by atoms with Gasteiger partial charge in [-0.15, -0.1) is 0 Å². The standard InChI is InChI=1S/C21H26N2O3/c1-4-15(3)16-9-11-19(12-10-16)26-14-21(25)23-18-8-6-7-17(13-18)22-20(24)5-2/h6-13,15H,4-5,14H2,1-3H3,(H,22,24)(H,23,25)/t15-/m0/s1. The van der Waals surface area contributed by atoms with Crippen LogP contribution in [0.15, 0.2) is 48.5 Å². The summed E-state index contributed by atoms with van der Waals surface area (Å²) in [4.78, 5) is 23.5. The number of hydrogen-bond acceptors (Lipinski definition) is 3. The molecule has 0 unspecified atom stereocenters. The average Bonchev–Trinajstić information content (AvgIpc) is 2.66. The van der Waals surface area contributed by atoms with Gasteiger partial charge in [-0.2, -0.15) is 0 Å². The average molecular weight is 354 g/mol. The Hall–Kier alpha value is -2.82. The van der Waals surface area contributed by atoms with Gasteiger partial charge in [-0.25, -0.2) is 0 Å². The van der Waals surface area contributed by atoms with E-state index < -0.39 is 0 Å². The molecule has 0 spiro atoms. The minimum Gasteiger partial charge on any atom is -0.484 e. The lowest BCUT2D eigenvalue weighted by molar-refractivity contribution is -0.118. The van der Waals surface area contributed by atoms with E-state index in [1.165, 1.54) is 5.56 Å². The Morgan fingerprint density at radius 1 is 0.962 bits per heavy atom. The first kappa shape index (κ1) is 19.5. The van der Waals surface area contributed by atoms with E-state index in [2.05, 4.69) is 24.5 Å². The molecule has 0 saturated heterocycles. The molecule has 0 saturated carbocycles. The third-order valence-corrected chi connectivity index (χ3v) is 4.18. The van der Waals surface area contributed by atoms with Crippen LogP contribution in [0.4, 0.5) is 11.4 Å². The van der Waals surface area contributed by atoms with Crippen molar-refractivity contribution in [3.8, 4) is 5.75 Å². The van der Waals surface area contributed by atoms with Crippen LogP contribution < -0.4 is 15.4 Å². The van der Waals surface area contributed by atoms with Crippen molar-refractivity contribution >= 4 is 23.2 Å². The zero-order valence-electron chi connectivity index (χ0n) is 15.5. The molecule has 0 bridgehead atoms. The van der Waals surface area contributed by atoms with E-state index in [0.29, 0.717) is 29.5 Å². The van der Waals surface area contributed by atoms with Crippen LogP contribution in [0.5, 0.6) is 5.75 Å². The Balaban J connectivity index is 1.87. The molecule has 0 radical (unpaired) electrons. The van der Waals surface area contributed by atoms with Gasteiger partial charge in [0.05, 0.1) is 0 Å². The van der Waals surface area contributed by atoms with E-state index >= 15 is 0 Å². The Morgan fingerprint density at radius 2 is 1.58 bits per heavy atom. The van der Waals surface area contributed by atoms with Crippen LogP contribution >= 0.6 is 0 Å². The Kier molecular flexibility index (Phi) is 7.21. The van der Waals surface area contributed by atoms with Gasteiger partial charge in [0.25, 0.3) is 5.91 Å². The van der Waals surface area contributed by atoms with E-state index in [-0.39, 0.29) is 18.4 Å². The number of ether oxygens (including phenoxy) is 1. The van der Waals surface area contributed by atoms with Crippen molar-refractivity contribution in [1.29, 1.82) is 0 Å². The summed E-state index contributed by atoms with van der Waals surface area (Å²) >= 11 is 0. The van der Waals surface area contributed by atoms with Gasteiger partial charge < -0.3 is 15.4 Å². The van der Waals surface area contributed by atoms with E-state index in [9.17, 15) is 9.59 Å². The summed E-state index contributed by atoms with van der Waals surface area (Å²) < 4.78 is 5.54. The van der Waals surface area contributed by atoms with Crippen LogP contribution in [0.3, 0.4) is 0 Å². The number of nitrogens with one attached hydrogen (secondary N) is 2. The number of benzene rings is 2. The minimum absolute atomic E-state index is 0.0716. The lowest BCUT2D eigenvalue weighted by Gasteiger charge is -2.11. The molecule has 1 atom stereocenters. The number of carbonyl (C=O) groups excluding carboxylic acids is 2. The molecule has 0 fully saturated rings. The molecule has 0 aliphatic heterocycles. The fourth-order valence-electron chi connectivity index (χ4n) is 2.40. The first-order chi connectivity index (χ1) is 12.5. The molecular formula is C21H26N2O3. The Bertz CT molecular complexity index is 741. The minimum atomic E-state index is -0.255. The van der Waals surface area contributed by atoms with Gasteiger partial charge in [0.2, 0.25) is 5.91 Å². The highest BCUT2D eigenvalue weighted by molar-refractivity contribution is 5.94. The van der Waals surface area contributed by atoms with Crippen LogP contribution in [0, 0.1) is 0 Å². The molecule has 0 heterocycles. The second-order valence-electron chi connectivity index (χ2n) is 6.20. The maximum absolute atomic E-state index is 12.1. The number of carbonyl (C=O) groups is 2. The van der Waals surface area contributed by atoms with Gasteiger partial charge in [-0.1, -0.05) is 39.0 Å². The van der Waals surface area contributed by atoms with E-state index in [0.717, 1.165) is 6.42 Å². The summed E-state index contributed by atoms with van der Waals surface area (Å²) in [6.07, 6.45) is 1.49. The van der Waals surface area contributed by atoms with E-state index in [1.54, 1.807) is 31.2 Å². The van der Waals surface area contributed by atoms with Gasteiger partial charge in [-0.3, -0.25) is 9.59 Å². The fraction of sp³-hybridized carbons (Fsp3) is 0.333. The molecule has 0 aliphatic carbocycles. The van der Waals surface area contributed by atoms with Crippen LogP contribution in [0.1, 0.15) is 45.1 Å². The molecule has 2 aromatic rings. The van der Waals surface area contributed by atoms with E-state index in [4.69, 9.17) is 4.74 Å². The third kappa shape index (κ3) is 5.92. The first-order valence-corrected chi connectivity index (χ1v) is 8.94. The normalized spacial score (nSPS) is 11.5. The molecule has 0 aliphatic rings. The monoisotopic (exact) mass is 354 g/mol. The second-order valence-corrected chi connectivity index (χ2v) is 6.20. The summed E-state index contributed by atoms with van der Waals surface area (Å²) in [5.74, 6) is 0.844. The van der Waals surface area contributed by atoms with Crippen molar-refractivity contribution in [2.45, 2.75) is 39.5 Å². The zero-order valence-corrected chi connectivity index (χ0v) is 15.5. The summed E-state index contributed by atoms with van der Waals surface area (Å²) in [5.41, 5.74) is 2.52. The lowest BCUT2D eigenvalue weighted by atomic mass is 9.99. The van der Waals surface area contributed by atoms with Crippen LogP contribution in [-0.2, 0) is 9.59 Å². The molecule has 26 heavy (non-hydrogen) atoms. The number of anilines is 2. The number of rotatable bonds is 8. The maximum Gasteiger partial charge on any atom is 0.262 e. The zero-order chi connectivity index (χ0) is 18.9. The maximum atomic E-state index is 12.1. The lowest BCUT2D eigenvalue weighted by Crippen LogP contribution is -2.20. The van der Waals surface area contributed by atoms with Gasteiger partial charge in [0.15, 0.2) is 6.61 Å². The van der Waals surface area contributed by atoms with E-state index in [1.807, 2.05) is 24.3 Å². The summed E-state index contributed by atoms with van der Waals surface area (Å²) in [6.45, 7) is 6.05. The molecule has 2 N–H and O–H groups in total. The number of hydrogen-bond donors (Lipinski definition) is 2. The molecule has 5 nitrogen and oxygen atoms in total. The molecular weight excluding hydrogens is 328 g/mol. The van der Waals surface area contributed by atoms with Crippen LogP contribution in [-0.4, -0.2) is 18.4 Å². The highest BCUT2D eigenvalue weighted by Crippen LogP contribution is 2.21. The van der Waals surface area contributed by atoms with Crippen LogP contribution in [0.25, 0.3) is 0 Å². The highest BCUT2D eigenvalue weighted by atomic mass is 16.5.